The van der Waals surface area contributed by atoms with Crippen LogP contribution in [0.5, 0.6) is 0 Å². The third-order valence-electron chi connectivity index (χ3n) is 4.02. The molecule has 0 atom stereocenters. The van der Waals surface area contributed by atoms with E-state index >= 15 is 0 Å². The van der Waals surface area contributed by atoms with Crippen molar-refractivity contribution < 1.29 is 4.79 Å². The van der Waals surface area contributed by atoms with Crippen LogP contribution in [0.15, 0.2) is 24.3 Å². The molecule has 6 heteroatoms. The molecule has 0 spiro atoms. The molecule has 4 nitrogen and oxygen atoms in total. The van der Waals surface area contributed by atoms with E-state index in [2.05, 4.69) is 17.1 Å². The Morgan fingerprint density at radius 2 is 1.91 bits per heavy atom. The number of piperidine rings is 1. The Bertz CT molecular complexity index is 449. The third-order valence-corrected chi connectivity index (χ3v) is 4.02. The van der Waals surface area contributed by atoms with Crippen molar-refractivity contribution in [3.63, 3.8) is 0 Å². The molecule has 1 saturated heterocycles. The van der Waals surface area contributed by atoms with Crippen LogP contribution in [0.1, 0.15) is 36.5 Å². The summed E-state index contributed by atoms with van der Waals surface area (Å²) >= 11 is 0. The van der Waals surface area contributed by atoms with Crippen LogP contribution in [0, 0.1) is 5.92 Å². The molecule has 1 aliphatic heterocycles. The van der Waals surface area contributed by atoms with E-state index in [4.69, 9.17) is 5.73 Å². The summed E-state index contributed by atoms with van der Waals surface area (Å²) in [5.41, 5.74) is 6.89. The number of carbonyl (C=O) groups is 1. The third kappa shape index (κ3) is 6.42. The lowest BCUT2D eigenvalue weighted by Gasteiger charge is -2.30. The van der Waals surface area contributed by atoms with E-state index in [1.54, 1.807) is 12.1 Å². The van der Waals surface area contributed by atoms with Crippen LogP contribution < -0.4 is 11.1 Å². The number of likely N-dealkylation sites (tertiary alicyclic amines) is 1. The molecular weight excluding hydrogens is 321 g/mol. The van der Waals surface area contributed by atoms with Gasteiger partial charge in [0.15, 0.2) is 0 Å². The molecule has 1 aliphatic rings. The average molecular weight is 348 g/mol. The Morgan fingerprint density at radius 3 is 2.55 bits per heavy atom. The summed E-state index contributed by atoms with van der Waals surface area (Å²) in [6.45, 7) is 6.49. The zero-order valence-electron chi connectivity index (χ0n) is 13.1. The van der Waals surface area contributed by atoms with Crippen molar-refractivity contribution in [2.45, 2.75) is 26.2 Å². The largest absolute Gasteiger partial charge is 0.398 e. The molecule has 0 unspecified atom stereocenters. The van der Waals surface area contributed by atoms with Crippen molar-refractivity contribution in [1.29, 1.82) is 0 Å². The zero-order chi connectivity index (χ0) is 14.4. The van der Waals surface area contributed by atoms with Crippen LogP contribution in [-0.2, 0) is 0 Å². The van der Waals surface area contributed by atoms with Crippen LogP contribution in [0.3, 0.4) is 0 Å². The van der Waals surface area contributed by atoms with Gasteiger partial charge in [-0.25, -0.2) is 0 Å². The van der Waals surface area contributed by atoms with Crippen LogP contribution >= 0.6 is 24.8 Å². The van der Waals surface area contributed by atoms with Gasteiger partial charge < -0.3 is 16.0 Å². The standard InChI is InChI=1S/C16H25N3O.2ClH/c1-13-7-11-19(12-8-13)10-4-9-18-16(20)14-5-2-3-6-15(14)17;;/h2-3,5-6,13H,4,7-12,17H2,1H3,(H,18,20);2*1H. The number of benzene rings is 1. The number of nitrogen functional groups attached to an aromatic ring is 1. The fraction of sp³-hybridized carbons (Fsp3) is 0.562. The molecule has 1 aromatic carbocycles. The Morgan fingerprint density at radius 1 is 1.27 bits per heavy atom. The molecule has 1 aromatic rings. The average Bonchev–Trinajstić information content (AvgIpc) is 2.46. The van der Waals surface area contributed by atoms with Gasteiger partial charge in [0.05, 0.1) is 5.56 Å². The summed E-state index contributed by atoms with van der Waals surface area (Å²) in [6.07, 6.45) is 3.59. The lowest BCUT2D eigenvalue weighted by molar-refractivity contribution is 0.0951. The van der Waals surface area contributed by atoms with Crippen molar-refractivity contribution in [2.24, 2.45) is 5.92 Å². The molecule has 0 radical (unpaired) electrons. The van der Waals surface area contributed by atoms with Crippen molar-refractivity contribution in [3.8, 4) is 0 Å². The van der Waals surface area contributed by atoms with Gasteiger partial charge in [-0.15, -0.1) is 24.8 Å². The molecule has 0 saturated carbocycles. The lowest BCUT2D eigenvalue weighted by Crippen LogP contribution is -2.35. The number of hydrogen-bond donors (Lipinski definition) is 2. The van der Waals surface area contributed by atoms with Crippen molar-refractivity contribution in [2.75, 3.05) is 31.9 Å². The second-order valence-corrected chi connectivity index (χ2v) is 5.72. The van der Waals surface area contributed by atoms with Crippen LogP contribution in [0.2, 0.25) is 0 Å². The first-order valence-electron chi connectivity index (χ1n) is 7.52. The minimum Gasteiger partial charge on any atom is -0.398 e. The summed E-state index contributed by atoms with van der Waals surface area (Å²) in [7, 11) is 0. The molecule has 126 valence electrons. The summed E-state index contributed by atoms with van der Waals surface area (Å²) < 4.78 is 0. The highest BCUT2D eigenvalue weighted by Gasteiger charge is 2.15. The molecule has 1 heterocycles. The van der Waals surface area contributed by atoms with Crippen LogP contribution in [0.25, 0.3) is 0 Å². The van der Waals surface area contributed by atoms with Gasteiger partial charge in [-0.2, -0.15) is 0 Å². The van der Waals surface area contributed by atoms with Gasteiger partial charge in [0.1, 0.15) is 0 Å². The minimum absolute atomic E-state index is 0. The maximum absolute atomic E-state index is 12.0. The highest BCUT2D eigenvalue weighted by atomic mass is 35.5. The number of anilines is 1. The molecule has 2 rings (SSSR count). The molecule has 0 aromatic heterocycles. The van der Waals surface area contributed by atoms with Gasteiger partial charge in [0.25, 0.3) is 5.91 Å². The van der Waals surface area contributed by atoms with E-state index in [9.17, 15) is 4.79 Å². The minimum atomic E-state index is -0.0737. The molecular formula is C16H27Cl2N3O. The number of nitrogens with zero attached hydrogens (tertiary/aromatic N) is 1. The van der Waals surface area contributed by atoms with Crippen LogP contribution in [0.4, 0.5) is 5.69 Å². The number of rotatable bonds is 5. The van der Waals surface area contributed by atoms with Crippen molar-refractivity contribution in [1.82, 2.24) is 10.2 Å². The van der Waals surface area contributed by atoms with Crippen molar-refractivity contribution in [3.05, 3.63) is 29.8 Å². The van der Waals surface area contributed by atoms with Crippen LogP contribution in [-0.4, -0.2) is 37.0 Å². The lowest BCUT2D eigenvalue weighted by atomic mass is 9.99. The summed E-state index contributed by atoms with van der Waals surface area (Å²) in [4.78, 5) is 14.4. The fourth-order valence-electron chi connectivity index (χ4n) is 2.59. The SMILES string of the molecule is CC1CCN(CCCNC(=O)c2ccccc2N)CC1.Cl.Cl. The fourth-order valence-corrected chi connectivity index (χ4v) is 2.59. The number of amides is 1. The van der Waals surface area contributed by atoms with E-state index in [0.717, 1.165) is 18.9 Å². The van der Waals surface area contributed by atoms with Crippen molar-refractivity contribution >= 4 is 36.4 Å². The first-order chi connectivity index (χ1) is 9.66. The summed E-state index contributed by atoms with van der Waals surface area (Å²) in [5.74, 6) is 0.794. The van der Waals surface area contributed by atoms with Gasteiger partial charge in [-0.3, -0.25) is 4.79 Å². The number of carbonyl (C=O) groups excluding carboxylic acids is 1. The first kappa shape index (κ1) is 21.0. The first-order valence-corrected chi connectivity index (χ1v) is 7.52. The highest BCUT2D eigenvalue weighted by molar-refractivity contribution is 5.99. The van der Waals surface area contributed by atoms with E-state index in [1.807, 2.05) is 12.1 Å². The number of halogens is 2. The summed E-state index contributed by atoms with van der Waals surface area (Å²) in [6, 6.07) is 7.18. The number of nitrogens with two attached hydrogens (primary N) is 1. The van der Waals surface area contributed by atoms with E-state index in [0.29, 0.717) is 17.8 Å². The van der Waals surface area contributed by atoms with E-state index in [-0.39, 0.29) is 30.7 Å². The summed E-state index contributed by atoms with van der Waals surface area (Å²) in [5, 5.41) is 2.94. The molecule has 0 aliphatic carbocycles. The normalized spacial score (nSPS) is 15.5. The Hall–Kier alpha value is -0.970. The van der Waals surface area contributed by atoms with Gasteiger partial charge in [-0.05, 0) is 56.9 Å². The smallest absolute Gasteiger partial charge is 0.253 e. The van der Waals surface area contributed by atoms with Gasteiger partial charge >= 0.3 is 0 Å². The maximum atomic E-state index is 12.0. The predicted octanol–water partition coefficient (Wildman–Crippen LogP) is 2.96. The van der Waals surface area contributed by atoms with Gasteiger partial charge in [-0.1, -0.05) is 19.1 Å². The predicted molar refractivity (Wildman–Crippen MR) is 97.1 cm³/mol. The number of hydrogen-bond acceptors (Lipinski definition) is 3. The topological polar surface area (TPSA) is 58.4 Å². The molecule has 22 heavy (non-hydrogen) atoms. The molecule has 1 amide bonds. The number of para-hydroxylation sites is 1. The Balaban J connectivity index is 0.00000220. The maximum Gasteiger partial charge on any atom is 0.253 e. The molecule has 1 fully saturated rings. The monoisotopic (exact) mass is 347 g/mol. The Labute approximate surface area is 145 Å². The van der Waals surface area contributed by atoms with E-state index < -0.39 is 0 Å². The molecule has 3 N–H and O–H groups in total. The van der Waals surface area contributed by atoms with Gasteiger partial charge in [0, 0.05) is 12.2 Å². The Kier molecular flexibility index (Phi) is 10.2. The second kappa shape index (κ2) is 10.7. The highest BCUT2D eigenvalue weighted by Crippen LogP contribution is 2.15. The molecule has 0 bridgehead atoms. The van der Waals surface area contributed by atoms with Gasteiger partial charge in [0.2, 0.25) is 0 Å². The quantitative estimate of drug-likeness (QED) is 0.635. The zero-order valence-corrected chi connectivity index (χ0v) is 14.7. The number of nitrogens with one attached hydrogen (secondary N) is 1. The second-order valence-electron chi connectivity index (χ2n) is 5.72. The van der Waals surface area contributed by atoms with E-state index in [1.165, 1.54) is 25.9 Å².